The lowest BCUT2D eigenvalue weighted by Crippen LogP contribution is -2.66. The molecule has 0 bridgehead atoms. The van der Waals surface area contributed by atoms with Crippen LogP contribution in [0, 0.1) is 11.6 Å². The van der Waals surface area contributed by atoms with Crippen LogP contribution in [0.1, 0.15) is 54.2 Å². The van der Waals surface area contributed by atoms with E-state index in [1.165, 1.54) is 12.3 Å². The molecule has 0 aliphatic carbocycles. The number of aromatic amines is 1. The highest BCUT2D eigenvalue weighted by atomic mass is 19.4. The second kappa shape index (κ2) is 7.61. The topological polar surface area (TPSA) is 49.9 Å². The Labute approximate surface area is 191 Å². The van der Waals surface area contributed by atoms with Gasteiger partial charge in [0.1, 0.15) is 24.1 Å². The Bertz CT molecular complexity index is 1300. The second-order valence-corrected chi connectivity index (χ2v) is 8.68. The fourth-order valence-corrected chi connectivity index (χ4v) is 5.74. The minimum absolute atomic E-state index is 0.0651. The summed E-state index contributed by atoms with van der Waals surface area (Å²) in [4.78, 5) is 15.5. The van der Waals surface area contributed by atoms with Crippen molar-refractivity contribution in [2.75, 3.05) is 0 Å². The molecule has 178 valence electrons. The molecule has 2 unspecified atom stereocenters. The second-order valence-electron chi connectivity index (χ2n) is 8.68. The van der Waals surface area contributed by atoms with Crippen molar-refractivity contribution >= 4 is 5.97 Å². The predicted molar refractivity (Wildman–Crippen MR) is 108 cm³/mol. The average molecular weight is 479 g/mol. The molecule has 0 radical (unpaired) electrons. The number of nitrogens with one attached hydrogen (secondary N) is 1. The van der Waals surface area contributed by atoms with Gasteiger partial charge in [-0.1, -0.05) is 13.8 Å². The van der Waals surface area contributed by atoms with Crippen molar-refractivity contribution < 1.29 is 40.6 Å². The van der Waals surface area contributed by atoms with E-state index in [-0.39, 0.29) is 23.4 Å². The largest absolute Gasteiger partial charge is 0.451 e. The van der Waals surface area contributed by atoms with Gasteiger partial charge in [-0.2, -0.15) is 17.7 Å². The van der Waals surface area contributed by atoms with Crippen LogP contribution < -0.4 is 9.13 Å². The SMILES string of the molecule is CCC1(CC)C(C2C[n+]3c[nH]cc3C(=O)O2)c2cc(F)c(C(F)(F)F)c(F)c2-c2cccc[n+]21. The van der Waals surface area contributed by atoms with Gasteiger partial charge >= 0.3 is 12.1 Å². The zero-order chi connectivity index (χ0) is 24.4. The first-order valence-electron chi connectivity index (χ1n) is 11.0. The molecule has 34 heavy (non-hydrogen) atoms. The number of imidazole rings is 1. The zero-order valence-corrected chi connectivity index (χ0v) is 18.4. The van der Waals surface area contributed by atoms with Crippen molar-refractivity contribution in [1.29, 1.82) is 0 Å². The molecule has 2 aliphatic rings. The van der Waals surface area contributed by atoms with Crippen molar-refractivity contribution in [2.45, 2.75) is 57.0 Å². The molecule has 1 N–H and O–H groups in total. The Morgan fingerprint density at radius 2 is 1.91 bits per heavy atom. The lowest BCUT2D eigenvalue weighted by Gasteiger charge is -2.43. The van der Waals surface area contributed by atoms with E-state index in [9.17, 15) is 22.4 Å². The van der Waals surface area contributed by atoms with Gasteiger partial charge in [0.25, 0.3) is 5.69 Å². The lowest BCUT2D eigenvalue weighted by molar-refractivity contribution is -0.768. The van der Waals surface area contributed by atoms with E-state index in [4.69, 9.17) is 4.74 Å². The Balaban J connectivity index is 1.83. The molecular weight excluding hydrogens is 457 g/mol. The number of H-pyrrole nitrogens is 1. The number of aromatic nitrogens is 3. The molecule has 2 atom stereocenters. The summed E-state index contributed by atoms with van der Waals surface area (Å²) in [5.74, 6) is -4.76. The summed E-state index contributed by atoms with van der Waals surface area (Å²) in [5, 5.41) is 0. The number of alkyl halides is 3. The van der Waals surface area contributed by atoms with Crippen LogP contribution in [0.2, 0.25) is 0 Å². The molecule has 2 aromatic heterocycles. The highest BCUT2D eigenvalue weighted by molar-refractivity contribution is 5.86. The van der Waals surface area contributed by atoms with Crippen LogP contribution >= 0.6 is 0 Å². The average Bonchev–Trinajstić information content (AvgIpc) is 3.26. The third-order valence-corrected chi connectivity index (χ3v) is 7.24. The molecule has 2 aliphatic heterocycles. The van der Waals surface area contributed by atoms with Crippen LogP contribution in [0.15, 0.2) is 43.0 Å². The number of esters is 1. The number of carbonyl (C=O) groups is 1. The van der Waals surface area contributed by atoms with Crippen molar-refractivity contribution in [3.05, 3.63) is 71.4 Å². The summed E-state index contributed by atoms with van der Waals surface area (Å²) in [6, 6.07) is 5.62. The number of ether oxygens (including phenoxy) is 1. The van der Waals surface area contributed by atoms with Crippen LogP contribution in [0.4, 0.5) is 22.0 Å². The number of rotatable bonds is 3. The van der Waals surface area contributed by atoms with E-state index >= 15 is 4.39 Å². The van der Waals surface area contributed by atoms with Crippen molar-refractivity contribution in [3.63, 3.8) is 0 Å². The summed E-state index contributed by atoms with van der Waals surface area (Å²) in [5.41, 5.74) is -2.47. The molecule has 10 heteroatoms. The minimum Gasteiger partial charge on any atom is -0.451 e. The third-order valence-electron chi connectivity index (χ3n) is 7.24. The molecule has 5 nitrogen and oxygen atoms in total. The Morgan fingerprint density at radius 3 is 2.59 bits per heavy atom. The first-order valence-corrected chi connectivity index (χ1v) is 11.0. The smallest absolute Gasteiger partial charge is 0.422 e. The standard InChI is InChI=1S/C24H21F5N3O2/c1-3-23(4-2)19(17-11-31-12-30-10-16(31)22(33)34-17)13-9-14(25)20(24(27,28)29)21(26)18(13)15-7-5-6-8-32(15)23/h5-10,12,17,19H,3-4,11H2,1-2H3/q+1/p+1. The molecule has 4 heterocycles. The first kappa shape index (κ1) is 22.5. The molecule has 0 saturated heterocycles. The summed E-state index contributed by atoms with van der Waals surface area (Å²) in [6.07, 6.45) is -0.351. The van der Waals surface area contributed by atoms with Crippen LogP contribution in [-0.4, -0.2) is 17.1 Å². The van der Waals surface area contributed by atoms with E-state index in [0.717, 1.165) is 6.07 Å². The van der Waals surface area contributed by atoms with Gasteiger partial charge in [-0.25, -0.2) is 23.1 Å². The Morgan fingerprint density at radius 1 is 1.18 bits per heavy atom. The molecule has 0 saturated carbocycles. The summed E-state index contributed by atoms with van der Waals surface area (Å²) in [7, 11) is 0. The van der Waals surface area contributed by atoms with Crippen LogP contribution in [-0.2, 0) is 23.0 Å². The van der Waals surface area contributed by atoms with Crippen LogP contribution in [0.25, 0.3) is 11.3 Å². The highest BCUT2D eigenvalue weighted by Gasteiger charge is 2.58. The van der Waals surface area contributed by atoms with E-state index in [1.54, 1.807) is 33.8 Å². The van der Waals surface area contributed by atoms with Gasteiger partial charge in [0, 0.05) is 25.0 Å². The summed E-state index contributed by atoms with van der Waals surface area (Å²) < 4.78 is 80.4. The maximum atomic E-state index is 15.6. The van der Waals surface area contributed by atoms with Gasteiger partial charge in [0.05, 0.1) is 11.5 Å². The van der Waals surface area contributed by atoms with Crippen molar-refractivity contribution in [2.24, 2.45) is 0 Å². The number of benzene rings is 1. The molecule has 0 fully saturated rings. The normalized spacial score (nSPS) is 20.9. The molecule has 0 spiro atoms. The van der Waals surface area contributed by atoms with Crippen LogP contribution in [0.5, 0.6) is 0 Å². The highest BCUT2D eigenvalue weighted by Crippen LogP contribution is 2.51. The molecule has 0 amide bonds. The number of hydrogen-bond donors (Lipinski definition) is 1. The van der Waals surface area contributed by atoms with E-state index in [2.05, 4.69) is 4.98 Å². The number of carbonyl (C=O) groups excluding carboxylic acids is 1. The maximum absolute atomic E-state index is 15.6. The van der Waals surface area contributed by atoms with Crippen molar-refractivity contribution in [1.82, 2.24) is 4.98 Å². The van der Waals surface area contributed by atoms with Crippen LogP contribution in [0.3, 0.4) is 0 Å². The van der Waals surface area contributed by atoms with Gasteiger partial charge in [-0.05, 0) is 17.7 Å². The zero-order valence-electron chi connectivity index (χ0n) is 18.4. The predicted octanol–water partition coefficient (Wildman–Crippen LogP) is 4.41. The monoisotopic (exact) mass is 479 g/mol. The fraction of sp³-hybridized carbons (Fsp3) is 0.375. The van der Waals surface area contributed by atoms with E-state index in [1.807, 2.05) is 13.8 Å². The molecular formula is C24H22F5N3O2+2. The number of fused-ring (bicyclic) bond motifs is 4. The van der Waals surface area contributed by atoms with Gasteiger partial charge in [0.2, 0.25) is 12.0 Å². The van der Waals surface area contributed by atoms with E-state index < -0.39 is 46.9 Å². The first-order chi connectivity index (χ1) is 16.1. The van der Waals surface area contributed by atoms with E-state index in [0.29, 0.717) is 18.5 Å². The summed E-state index contributed by atoms with van der Waals surface area (Å²) in [6.45, 7) is 3.99. The van der Waals surface area contributed by atoms with Gasteiger partial charge < -0.3 is 4.74 Å². The lowest BCUT2D eigenvalue weighted by atomic mass is 9.67. The third kappa shape index (κ3) is 3.00. The van der Waals surface area contributed by atoms with Crippen molar-refractivity contribution in [3.8, 4) is 11.3 Å². The molecule has 5 rings (SSSR count). The Kier molecular flexibility index (Phi) is 5.03. The fourth-order valence-electron chi connectivity index (χ4n) is 5.74. The number of pyridine rings is 1. The van der Waals surface area contributed by atoms with Gasteiger partial charge in [-0.15, -0.1) is 0 Å². The van der Waals surface area contributed by atoms with Gasteiger partial charge in [-0.3, -0.25) is 0 Å². The quantitative estimate of drug-likeness (QED) is 0.344. The number of cyclic esters (lactones) is 1. The number of hydrogen-bond acceptors (Lipinski definition) is 2. The molecule has 1 aromatic carbocycles. The van der Waals surface area contributed by atoms with Gasteiger partial charge in [0.15, 0.2) is 23.7 Å². The maximum Gasteiger partial charge on any atom is 0.422 e. The Hall–Kier alpha value is -3.30. The molecule has 3 aromatic rings. The number of nitrogens with zero attached hydrogens (tertiary/aromatic N) is 2. The summed E-state index contributed by atoms with van der Waals surface area (Å²) >= 11 is 0. The number of halogens is 5. The minimum atomic E-state index is -5.21.